The van der Waals surface area contributed by atoms with Crippen molar-refractivity contribution in [3.63, 3.8) is 0 Å². The van der Waals surface area contributed by atoms with E-state index >= 15 is 0 Å². The van der Waals surface area contributed by atoms with Crippen LogP contribution in [0.15, 0.2) is 24.4 Å². The van der Waals surface area contributed by atoms with Gasteiger partial charge in [-0.15, -0.1) is 0 Å². The molecule has 0 aliphatic carbocycles. The molecule has 0 unspecified atom stereocenters. The van der Waals surface area contributed by atoms with Gasteiger partial charge in [-0.1, -0.05) is 26.0 Å². The molecule has 3 N–H and O–H groups in total. The standard InChI is InChI=1S/C12H16N4O/c1-8(2)13-7-11(17)15-10-5-3-4-9-6-14-16-12(9)10/h3-6,8,13H,7H2,1-2H3,(H,14,16)(H,15,17). The second-order valence-electron chi connectivity index (χ2n) is 4.22. The predicted octanol–water partition coefficient (Wildman–Crippen LogP) is 1.50. The number of H-pyrrole nitrogens is 1. The van der Waals surface area contributed by atoms with Crippen LogP contribution in [0.1, 0.15) is 13.8 Å². The van der Waals surface area contributed by atoms with Crippen LogP contribution in [0.2, 0.25) is 0 Å². The van der Waals surface area contributed by atoms with E-state index in [1.807, 2.05) is 32.0 Å². The fourth-order valence-corrected chi connectivity index (χ4v) is 1.56. The van der Waals surface area contributed by atoms with Crippen molar-refractivity contribution in [1.82, 2.24) is 15.5 Å². The van der Waals surface area contributed by atoms with E-state index in [9.17, 15) is 4.79 Å². The number of nitrogens with zero attached hydrogens (tertiary/aromatic N) is 1. The number of rotatable bonds is 4. The van der Waals surface area contributed by atoms with Gasteiger partial charge in [0.1, 0.15) is 0 Å². The molecule has 0 bridgehead atoms. The number of hydrogen-bond acceptors (Lipinski definition) is 3. The number of anilines is 1. The zero-order valence-electron chi connectivity index (χ0n) is 9.95. The van der Waals surface area contributed by atoms with Gasteiger partial charge in [0.05, 0.1) is 23.9 Å². The Bertz CT molecular complexity index is 518. The minimum atomic E-state index is -0.0548. The van der Waals surface area contributed by atoms with Crippen LogP contribution in [0.3, 0.4) is 0 Å². The lowest BCUT2D eigenvalue weighted by Gasteiger charge is -2.09. The number of para-hydroxylation sites is 1. The second-order valence-corrected chi connectivity index (χ2v) is 4.22. The fourth-order valence-electron chi connectivity index (χ4n) is 1.56. The third-order valence-electron chi connectivity index (χ3n) is 2.42. The first kappa shape index (κ1) is 11.6. The highest BCUT2D eigenvalue weighted by atomic mass is 16.1. The highest BCUT2D eigenvalue weighted by Crippen LogP contribution is 2.19. The maximum atomic E-state index is 11.7. The number of carbonyl (C=O) groups excluding carboxylic acids is 1. The quantitative estimate of drug-likeness (QED) is 0.748. The molecule has 1 heterocycles. The number of aromatic amines is 1. The Balaban J connectivity index is 2.08. The van der Waals surface area contributed by atoms with Gasteiger partial charge in [-0.25, -0.2) is 0 Å². The summed E-state index contributed by atoms with van der Waals surface area (Å²) >= 11 is 0. The minimum Gasteiger partial charge on any atom is -0.323 e. The molecule has 90 valence electrons. The molecular weight excluding hydrogens is 216 g/mol. The fraction of sp³-hybridized carbons (Fsp3) is 0.333. The van der Waals surface area contributed by atoms with Crippen molar-refractivity contribution < 1.29 is 4.79 Å². The lowest BCUT2D eigenvalue weighted by Crippen LogP contribution is -2.32. The summed E-state index contributed by atoms with van der Waals surface area (Å²) in [7, 11) is 0. The van der Waals surface area contributed by atoms with Gasteiger partial charge < -0.3 is 10.6 Å². The van der Waals surface area contributed by atoms with Crippen LogP contribution in [0.5, 0.6) is 0 Å². The van der Waals surface area contributed by atoms with Gasteiger partial charge in [0.2, 0.25) is 5.91 Å². The molecule has 0 saturated heterocycles. The van der Waals surface area contributed by atoms with Crippen LogP contribution >= 0.6 is 0 Å². The smallest absolute Gasteiger partial charge is 0.238 e. The maximum absolute atomic E-state index is 11.7. The number of benzene rings is 1. The summed E-state index contributed by atoms with van der Waals surface area (Å²) in [4.78, 5) is 11.7. The lowest BCUT2D eigenvalue weighted by molar-refractivity contribution is -0.115. The van der Waals surface area contributed by atoms with Crippen molar-refractivity contribution in [2.45, 2.75) is 19.9 Å². The van der Waals surface area contributed by atoms with Crippen molar-refractivity contribution in [3.8, 4) is 0 Å². The summed E-state index contributed by atoms with van der Waals surface area (Å²) < 4.78 is 0. The zero-order chi connectivity index (χ0) is 12.3. The molecule has 5 nitrogen and oxygen atoms in total. The highest BCUT2D eigenvalue weighted by molar-refractivity contribution is 6.00. The summed E-state index contributed by atoms with van der Waals surface area (Å²) in [5.74, 6) is -0.0548. The van der Waals surface area contributed by atoms with Gasteiger partial charge in [0, 0.05) is 11.4 Å². The third kappa shape index (κ3) is 2.82. The molecule has 2 aromatic rings. The average molecular weight is 232 g/mol. The molecule has 0 aliphatic rings. The monoisotopic (exact) mass is 232 g/mol. The first-order chi connectivity index (χ1) is 8.16. The van der Waals surface area contributed by atoms with E-state index in [1.54, 1.807) is 6.20 Å². The molecule has 0 aliphatic heterocycles. The van der Waals surface area contributed by atoms with Gasteiger partial charge in [-0.2, -0.15) is 5.10 Å². The molecule has 2 rings (SSSR count). The SMILES string of the molecule is CC(C)NCC(=O)Nc1cccc2cn[nH]c12. The molecule has 1 amide bonds. The van der Waals surface area contributed by atoms with Crippen molar-refractivity contribution in [2.75, 3.05) is 11.9 Å². The first-order valence-electron chi connectivity index (χ1n) is 5.62. The van der Waals surface area contributed by atoms with E-state index in [2.05, 4.69) is 20.8 Å². The number of fused-ring (bicyclic) bond motifs is 1. The van der Waals surface area contributed by atoms with Crippen molar-refractivity contribution in [3.05, 3.63) is 24.4 Å². The van der Waals surface area contributed by atoms with E-state index in [0.717, 1.165) is 16.6 Å². The van der Waals surface area contributed by atoms with Gasteiger partial charge in [0.15, 0.2) is 0 Å². The van der Waals surface area contributed by atoms with E-state index in [-0.39, 0.29) is 5.91 Å². The number of hydrogen-bond donors (Lipinski definition) is 3. The molecule has 0 radical (unpaired) electrons. The van der Waals surface area contributed by atoms with E-state index in [1.165, 1.54) is 0 Å². The van der Waals surface area contributed by atoms with Crippen molar-refractivity contribution in [1.29, 1.82) is 0 Å². The largest absolute Gasteiger partial charge is 0.323 e. The Morgan fingerprint density at radius 1 is 1.47 bits per heavy atom. The molecule has 5 heteroatoms. The summed E-state index contributed by atoms with van der Waals surface area (Å²) in [5, 5.41) is 13.7. The molecule has 0 spiro atoms. The van der Waals surface area contributed by atoms with Gasteiger partial charge in [0.25, 0.3) is 0 Å². The Morgan fingerprint density at radius 3 is 3.06 bits per heavy atom. The Hall–Kier alpha value is -1.88. The molecule has 0 fully saturated rings. The van der Waals surface area contributed by atoms with Crippen LogP contribution in [-0.4, -0.2) is 28.7 Å². The number of carbonyl (C=O) groups is 1. The van der Waals surface area contributed by atoms with E-state index in [0.29, 0.717) is 12.6 Å². The van der Waals surface area contributed by atoms with Crippen molar-refractivity contribution >= 4 is 22.5 Å². The van der Waals surface area contributed by atoms with Crippen LogP contribution < -0.4 is 10.6 Å². The Kier molecular flexibility index (Phi) is 3.39. The second kappa shape index (κ2) is 4.97. The summed E-state index contributed by atoms with van der Waals surface area (Å²) in [6.07, 6.45) is 1.73. The lowest BCUT2D eigenvalue weighted by atomic mass is 10.2. The number of amides is 1. The summed E-state index contributed by atoms with van der Waals surface area (Å²) in [6, 6.07) is 5.99. The third-order valence-corrected chi connectivity index (χ3v) is 2.42. The Labute approximate surface area is 99.6 Å². The van der Waals surface area contributed by atoms with Crippen LogP contribution in [0.25, 0.3) is 10.9 Å². The van der Waals surface area contributed by atoms with E-state index < -0.39 is 0 Å². The zero-order valence-corrected chi connectivity index (χ0v) is 9.95. The summed E-state index contributed by atoms with van der Waals surface area (Å²) in [5.41, 5.74) is 1.61. The molecule has 1 aromatic heterocycles. The normalized spacial score (nSPS) is 11.0. The van der Waals surface area contributed by atoms with E-state index in [4.69, 9.17) is 0 Å². The number of nitrogens with one attached hydrogen (secondary N) is 3. The van der Waals surface area contributed by atoms with Gasteiger partial charge in [-0.05, 0) is 6.07 Å². The molecule has 17 heavy (non-hydrogen) atoms. The highest BCUT2D eigenvalue weighted by Gasteiger charge is 2.06. The first-order valence-corrected chi connectivity index (χ1v) is 5.62. The molecule has 1 aromatic carbocycles. The van der Waals surface area contributed by atoms with Crippen molar-refractivity contribution in [2.24, 2.45) is 0 Å². The molecule has 0 atom stereocenters. The molecular formula is C12H16N4O. The predicted molar refractivity (Wildman–Crippen MR) is 67.9 cm³/mol. The molecule has 0 saturated carbocycles. The van der Waals surface area contributed by atoms with Gasteiger partial charge in [-0.3, -0.25) is 9.89 Å². The Morgan fingerprint density at radius 2 is 2.29 bits per heavy atom. The van der Waals surface area contributed by atoms with Crippen LogP contribution in [0, 0.1) is 0 Å². The van der Waals surface area contributed by atoms with Crippen LogP contribution in [0.4, 0.5) is 5.69 Å². The van der Waals surface area contributed by atoms with Gasteiger partial charge >= 0.3 is 0 Å². The van der Waals surface area contributed by atoms with Crippen LogP contribution in [-0.2, 0) is 4.79 Å². The average Bonchev–Trinajstić information content (AvgIpc) is 2.75. The maximum Gasteiger partial charge on any atom is 0.238 e. The topological polar surface area (TPSA) is 69.8 Å². The summed E-state index contributed by atoms with van der Waals surface area (Å²) in [6.45, 7) is 4.31. The number of aromatic nitrogens is 2. The minimum absolute atomic E-state index is 0.0548.